The highest BCUT2D eigenvalue weighted by molar-refractivity contribution is 9.10. The minimum absolute atomic E-state index is 0.102. The van der Waals surface area contributed by atoms with E-state index in [1.165, 1.54) is 11.8 Å². The van der Waals surface area contributed by atoms with Crippen molar-refractivity contribution in [2.45, 2.75) is 11.3 Å². The Morgan fingerprint density at radius 2 is 1.77 bits per heavy atom. The number of thioether (sulfide) groups is 1. The van der Waals surface area contributed by atoms with Crippen LogP contribution in [0.2, 0.25) is 0 Å². The quantitative estimate of drug-likeness (QED) is 0.758. The minimum atomic E-state index is -0.388. The number of nitrogens with two attached hydrogens (primary N) is 1. The van der Waals surface area contributed by atoms with Crippen LogP contribution in [0.3, 0.4) is 0 Å². The first-order valence-corrected chi connectivity index (χ1v) is 8.37. The lowest BCUT2D eigenvalue weighted by Gasteiger charge is -2.10. The highest BCUT2D eigenvalue weighted by Crippen LogP contribution is 2.26. The van der Waals surface area contributed by atoms with Gasteiger partial charge in [0.1, 0.15) is 0 Å². The molecule has 2 aromatic carbocycles. The molecule has 0 fully saturated rings. The Morgan fingerprint density at radius 1 is 1.09 bits per heavy atom. The molecule has 0 atom stereocenters. The van der Waals surface area contributed by atoms with Crippen LogP contribution in [0.25, 0.3) is 0 Å². The average Bonchev–Trinajstić information content (AvgIpc) is 2.48. The fraction of sp³-hybridized carbons (Fsp3) is 0.125. The standard InChI is InChI=1S/C16H15BrN2O2S/c17-12-7-5-11(6-8-12)9-16(21)19-13-3-1-2-4-14(13)22-10-15(18)20/h1-8H,9-10H2,(H2,18,20)(H,19,21). The third-order valence-corrected chi connectivity index (χ3v) is 4.43. The van der Waals surface area contributed by atoms with Crippen molar-refractivity contribution in [3.05, 3.63) is 58.6 Å². The summed E-state index contributed by atoms with van der Waals surface area (Å²) in [5.74, 6) is -0.310. The number of primary amides is 1. The number of carbonyl (C=O) groups excluding carboxylic acids is 2. The Bertz CT molecular complexity index is 674. The monoisotopic (exact) mass is 378 g/mol. The molecule has 6 heteroatoms. The van der Waals surface area contributed by atoms with E-state index in [-0.39, 0.29) is 17.6 Å². The zero-order chi connectivity index (χ0) is 15.9. The molecule has 2 rings (SSSR count). The fourth-order valence-corrected chi connectivity index (χ4v) is 2.84. The van der Waals surface area contributed by atoms with E-state index < -0.39 is 0 Å². The van der Waals surface area contributed by atoms with Crippen molar-refractivity contribution >= 4 is 45.2 Å². The van der Waals surface area contributed by atoms with Crippen LogP contribution >= 0.6 is 27.7 Å². The topological polar surface area (TPSA) is 72.2 Å². The Labute approximate surface area is 141 Å². The number of benzene rings is 2. The largest absolute Gasteiger partial charge is 0.369 e. The van der Waals surface area contributed by atoms with Gasteiger partial charge in [0.25, 0.3) is 0 Å². The van der Waals surface area contributed by atoms with E-state index >= 15 is 0 Å². The lowest BCUT2D eigenvalue weighted by molar-refractivity contribution is -0.116. The molecule has 0 spiro atoms. The summed E-state index contributed by atoms with van der Waals surface area (Å²) in [5.41, 5.74) is 6.78. The summed E-state index contributed by atoms with van der Waals surface area (Å²) in [4.78, 5) is 23.8. The maximum absolute atomic E-state index is 12.1. The van der Waals surface area contributed by atoms with Crippen LogP contribution in [-0.4, -0.2) is 17.6 Å². The van der Waals surface area contributed by atoms with Crippen molar-refractivity contribution in [2.24, 2.45) is 5.73 Å². The van der Waals surface area contributed by atoms with E-state index in [1.54, 1.807) is 0 Å². The van der Waals surface area contributed by atoms with Gasteiger partial charge in [-0.25, -0.2) is 0 Å². The summed E-state index contributed by atoms with van der Waals surface area (Å²) in [7, 11) is 0. The SMILES string of the molecule is NC(=O)CSc1ccccc1NC(=O)Cc1ccc(Br)cc1. The molecule has 2 amide bonds. The Kier molecular flexibility index (Phi) is 6.03. The predicted octanol–water partition coefficient (Wildman–Crippen LogP) is 3.21. The van der Waals surface area contributed by atoms with E-state index in [2.05, 4.69) is 21.2 Å². The number of anilines is 1. The molecule has 0 aromatic heterocycles. The van der Waals surface area contributed by atoms with Gasteiger partial charge in [-0.15, -0.1) is 11.8 Å². The molecule has 0 heterocycles. The lowest BCUT2D eigenvalue weighted by Crippen LogP contribution is -2.16. The minimum Gasteiger partial charge on any atom is -0.369 e. The predicted molar refractivity (Wildman–Crippen MR) is 92.8 cm³/mol. The number of rotatable bonds is 6. The first kappa shape index (κ1) is 16.6. The molecule has 4 nitrogen and oxygen atoms in total. The lowest BCUT2D eigenvalue weighted by atomic mass is 10.1. The molecule has 22 heavy (non-hydrogen) atoms. The molecule has 2 aromatic rings. The molecule has 0 aliphatic carbocycles. The van der Waals surface area contributed by atoms with Crippen LogP contribution in [0, 0.1) is 0 Å². The zero-order valence-electron chi connectivity index (χ0n) is 11.7. The normalized spacial score (nSPS) is 10.2. The number of halogens is 1. The third-order valence-electron chi connectivity index (χ3n) is 2.81. The van der Waals surface area contributed by atoms with Crippen molar-refractivity contribution in [1.82, 2.24) is 0 Å². The summed E-state index contributed by atoms with van der Waals surface area (Å²) in [6.07, 6.45) is 0.294. The maximum Gasteiger partial charge on any atom is 0.228 e. The zero-order valence-corrected chi connectivity index (χ0v) is 14.1. The second kappa shape index (κ2) is 8.00. The summed E-state index contributed by atoms with van der Waals surface area (Å²) >= 11 is 4.67. The maximum atomic E-state index is 12.1. The van der Waals surface area contributed by atoms with Gasteiger partial charge in [0.2, 0.25) is 11.8 Å². The van der Waals surface area contributed by atoms with E-state index in [0.717, 1.165) is 14.9 Å². The van der Waals surface area contributed by atoms with Crippen molar-refractivity contribution in [1.29, 1.82) is 0 Å². The van der Waals surface area contributed by atoms with Gasteiger partial charge in [0, 0.05) is 9.37 Å². The number of hydrogen-bond acceptors (Lipinski definition) is 3. The molecule has 0 bridgehead atoms. The smallest absolute Gasteiger partial charge is 0.228 e. The third kappa shape index (κ3) is 5.20. The van der Waals surface area contributed by atoms with Crippen molar-refractivity contribution < 1.29 is 9.59 Å². The molecule has 114 valence electrons. The van der Waals surface area contributed by atoms with Crippen molar-refractivity contribution in [3.8, 4) is 0 Å². The number of para-hydroxylation sites is 1. The second-order valence-corrected chi connectivity index (χ2v) is 6.54. The van der Waals surface area contributed by atoms with Crippen molar-refractivity contribution in [2.75, 3.05) is 11.1 Å². The number of carbonyl (C=O) groups is 2. The second-order valence-electron chi connectivity index (χ2n) is 4.60. The Morgan fingerprint density at radius 3 is 2.45 bits per heavy atom. The van der Waals surface area contributed by atoms with Crippen LogP contribution in [0.1, 0.15) is 5.56 Å². The van der Waals surface area contributed by atoms with Gasteiger partial charge in [-0.05, 0) is 29.8 Å². The molecule has 0 unspecified atom stereocenters. The summed E-state index contributed by atoms with van der Waals surface area (Å²) in [6, 6.07) is 15.0. The van der Waals surface area contributed by atoms with E-state index in [9.17, 15) is 9.59 Å². The van der Waals surface area contributed by atoms with Crippen molar-refractivity contribution in [3.63, 3.8) is 0 Å². The first-order chi connectivity index (χ1) is 10.5. The molecular weight excluding hydrogens is 364 g/mol. The van der Waals surface area contributed by atoms with Gasteiger partial charge in [-0.2, -0.15) is 0 Å². The van der Waals surface area contributed by atoms with Crippen LogP contribution in [0.4, 0.5) is 5.69 Å². The Balaban J connectivity index is 2.01. The summed E-state index contributed by atoms with van der Waals surface area (Å²) in [5, 5.41) is 2.87. The van der Waals surface area contributed by atoms with Gasteiger partial charge in [0.15, 0.2) is 0 Å². The highest BCUT2D eigenvalue weighted by atomic mass is 79.9. The number of amides is 2. The van der Waals surface area contributed by atoms with Gasteiger partial charge >= 0.3 is 0 Å². The molecule has 0 radical (unpaired) electrons. The molecule has 0 saturated carbocycles. The van der Waals surface area contributed by atoms with Gasteiger partial charge in [-0.1, -0.05) is 40.2 Å². The van der Waals surface area contributed by atoms with Crippen LogP contribution in [-0.2, 0) is 16.0 Å². The van der Waals surface area contributed by atoms with E-state index in [0.29, 0.717) is 12.1 Å². The summed E-state index contributed by atoms with van der Waals surface area (Å²) < 4.78 is 0.977. The number of nitrogens with one attached hydrogen (secondary N) is 1. The number of hydrogen-bond donors (Lipinski definition) is 2. The van der Waals surface area contributed by atoms with Gasteiger partial charge in [0.05, 0.1) is 17.9 Å². The molecule has 3 N–H and O–H groups in total. The summed E-state index contributed by atoms with van der Waals surface area (Å²) in [6.45, 7) is 0. The molecule has 0 saturated heterocycles. The van der Waals surface area contributed by atoms with E-state index in [4.69, 9.17) is 5.73 Å². The first-order valence-electron chi connectivity index (χ1n) is 6.59. The molecule has 0 aliphatic heterocycles. The van der Waals surface area contributed by atoms with Crippen LogP contribution < -0.4 is 11.1 Å². The van der Waals surface area contributed by atoms with Gasteiger partial charge in [-0.3, -0.25) is 9.59 Å². The molecular formula is C16H15BrN2O2S. The van der Waals surface area contributed by atoms with Crippen LogP contribution in [0.15, 0.2) is 57.9 Å². The van der Waals surface area contributed by atoms with E-state index in [1.807, 2.05) is 48.5 Å². The fourth-order valence-electron chi connectivity index (χ4n) is 1.83. The molecule has 0 aliphatic rings. The van der Waals surface area contributed by atoms with Crippen LogP contribution in [0.5, 0.6) is 0 Å². The van der Waals surface area contributed by atoms with Gasteiger partial charge < -0.3 is 11.1 Å². The Hall–Kier alpha value is -1.79. The highest BCUT2D eigenvalue weighted by Gasteiger charge is 2.09. The average molecular weight is 379 g/mol.